The number of hydrogen-bond donors (Lipinski definition) is 2. The number of carbonyl (C=O) groups is 2. The van der Waals surface area contributed by atoms with Crippen molar-refractivity contribution < 1.29 is 18.9 Å². The third-order valence-corrected chi connectivity index (χ3v) is 6.13. The molecule has 5 heteroatoms. The molecule has 0 aliphatic heterocycles. The molecule has 2 aliphatic rings. The Hall–Kier alpha value is -2.37. The van der Waals surface area contributed by atoms with E-state index in [-0.39, 0.29) is 11.7 Å². The van der Waals surface area contributed by atoms with Gasteiger partial charge in [0.1, 0.15) is 19.0 Å². The molecular weight excluding hydrogens is 432 g/mol. The molecule has 4 rings (SSSR count). The van der Waals surface area contributed by atoms with Gasteiger partial charge in [-0.2, -0.15) is 0 Å². The highest BCUT2D eigenvalue weighted by Crippen LogP contribution is 2.31. The molecule has 1 saturated carbocycles. The van der Waals surface area contributed by atoms with Crippen LogP contribution in [-0.2, 0) is 8.98 Å². The van der Waals surface area contributed by atoms with Crippen molar-refractivity contribution in [3.8, 4) is 0 Å². The van der Waals surface area contributed by atoms with Crippen LogP contribution in [0.15, 0.2) is 72.5 Å². The summed E-state index contributed by atoms with van der Waals surface area (Å²) in [4.78, 5) is 21.7. The number of hydrogen-bond acceptors (Lipinski definition) is 4. The number of aliphatic hydroxyl groups excluding tert-OH is 1. The van der Waals surface area contributed by atoms with E-state index in [1.54, 1.807) is 12.1 Å². The minimum atomic E-state index is -1.54. The first kappa shape index (κ1) is 25.3. The first-order valence-electron chi connectivity index (χ1n) is 12.1. The van der Waals surface area contributed by atoms with Gasteiger partial charge in [-0.05, 0) is 56.3 Å². The molecule has 0 spiro atoms. The Morgan fingerprint density at radius 3 is 2.15 bits per heavy atom. The smallest absolute Gasteiger partial charge is 0.150 e. The fourth-order valence-electron chi connectivity index (χ4n) is 3.86. The molecule has 0 amide bonds. The number of Topliss-reactive ketones (excluding diaryl/α,β-unsaturated/α-hetero) is 1. The molecule has 0 heterocycles. The normalized spacial score (nSPS) is 19.8. The van der Waals surface area contributed by atoms with Crippen LogP contribution in [0.5, 0.6) is 0 Å². The van der Waals surface area contributed by atoms with E-state index in [0.29, 0.717) is 6.42 Å². The van der Waals surface area contributed by atoms with Gasteiger partial charge in [0.2, 0.25) is 0 Å². The summed E-state index contributed by atoms with van der Waals surface area (Å²) in [6.07, 6.45) is 14.2. The summed E-state index contributed by atoms with van der Waals surface area (Å²) in [7, 11) is 0. The van der Waals surface area contributed by atoms with Crippen LogP contribution in [0.2, 0.25) is 0 Å². The van der Waals surface area contributed by atoms with Gasteiger partial charge in [-0.3, -0.25) is 9.59 Å². The van der Waals surface area contributed by atoms with E-state index in [0.717, 1.165) is 55.3 Å². The average molecular weight is 473 g/mol. The molecule has 0 saturated heterocycles. The van der Waals surface area contributed by atoms with E-state index in [9.17, 15) is 14.7 Å². The predicted octanol–water partition coefficient (Wildman–Crippen LogP) is 6.62. The van der Waals surface area contributed by atoms with Crippen LogP contribution in [0, 0.1) is 5.92 Å². The third-order valence-electron chi connectivity index (χ3n) is 5.58. The lowest BCUT2D eigenvalue weighted by Gasteiger charge is -2.25. The van der Waals surface area contributed by atoms with E-state index in [1.807, 2.05) is 61.0 Å². The number of carbonyl (C=O) groups excluding carboxylic acids is 2. The van der Waals surface area contributed by atoms with Crippen molar-refractivity contribution in [2.45, 2.75) is 57.5 Å². The molecule has 2 atom stereocenters. The highest BCUT2D eigenvalue weighted by atomic mass is 32.2. The SMILES string of the molecule is O=C1CCCCC1C(O)c1ccccc1.O=Cc1ccccc1.[3H]S(C)(C)OC1=CCCCC1. The molecule has 1 fully saturated rings. The van der Waals surface area contributed by atoms with Crippen molar-refractivity contribution in [2.24, 2.45) is 5.92 Å². The zero-order valence-corrected chi connectivity index (χ0v) is 20.6. The van der Waals surface area contributed by atoms with Crippen LogP contribution >= 0.6 is 11.1 Å². The van der Waals surface area contributed by atoms with Crippen molar-refractivity contribution >= 4 is 23.1 Å². The maximum absolute atomic E-state index is 11.6. The van der Waals surface area contributed by atoms with Crippen molar-refractivity contribution in [1.29, 1.82) is 1.12 Å². The van der Waals surface area contributed by atoms with Crippen molar-refractivity contribution in [3.63, 3.8) is 0 Å². The molecule has 2 aromatic rings. The maximum atomic E-state index is 11.6. The zero-order valence-electron chi connectivity index (χ0n) is 20.8. The Balaban J connectivity index is 0.000000190. The predicted molar refractivity (Wildman–Crippen MR) is 139 cm³/mol. The minimum Gasteiger partial charge on any atom is -0.457 e. The topological polar surface area (TPSA) is 63.6 Å². The molecule has 1 N–H and O–H groups in total. The lowest BCUT2D eigenvalue weighted by molar-refractivity contribution is -0.128. The summed E-state index contributed by atoms with van der Waals surface area (Å²) in [5.74, 6) is 1.09. The first-order chi connectivity index (χ1) is 16.3. The number of aldehydes is 1. The van der Waals surface area contributed by atoms with Crippen LogP contribution in [0.1, 0.15) is 73.4 Å². The number of benzene rings is 2. The molecule has 2 aromatic carbocycles. The molecule has 0 bridgehead atoms. The monoisotopic (exact) mass is 472 g/mol. The lowest BCUT2D eigenvalue weighted by Crippen LogP contribution is -2.25. The summed E-state index contributed by atoms with van der Waals surface area (Å²) >= 11 is -1.54. The van der Waals surface area contributed by atoms with Crippen molar-refractivity contribution in [1.82, 2.24) is 0 Å². The molecule has 2 aliphatic carbocycles. The summed E-state index contributed by atoms with van der Waals surface area (Å²) in [5, 5.41) is 10.1. The molecule has 0 radical (unpaired) electrons. The van der Waals surface area contributed by atoms with E-state index in [1.165, 1.54) is 12.8 Å². The minimum absolute atomic E-state index is 0.179. The van der Waals surface area contributed by atoms with Crippen LogP contribution < -0.4 is 0 Å². The maximum Gasteiger partial charge on any atom is 0.150 e. The summed E-state index contributed by atoms with van der Waals surface area (Å²) in [6.45, 7) is 0. The number of aliphatic hydroxyl groups is 1. The molecule has 2 unspecified atom stereocenters. The van der Waals surface area contributed by atoms with Gasteiger partial charge < -0.3 is 9.29 Å². The summed E-state index contributed by atoms with van der Waals surface area (Å²) in [5.41, 5.74) is 1.59. The average Bonchev–Trinajstić information content (AvgIpc) is 2.85. The molecule has 180 valence electrons. The highest BCUT2D eigenvalue weighted by Gasteiger charge is 2.29. The first-order valence-corrected chi connectivity index (χ1v) is 13.7. The van der Waals surface area contributed by atoms with Gasteiger partial charge in [0, 0.05) is 24.3 Å². The van der Waals surface area contributed by atoms with Crippen molar-refractivity contribution in [2.75, 3.05) is 12.5 Å². The second-order valence-electron chi connectivity index (χ2n) is 8.44. The van der Waals surface area contributed by atoms with Crippen LogP contribution in [0.4, 0.5) is 0 Å². The highest BCUT2D eigenvalue weighted by molar-refractivity contribution is 8.11. The largest absolute Gasteiger partial charge is 0.457 e. The Morgan fingerprint density at radius 2 is 1.64 bits per heavy atom. The summed E-state index contributed by atoms with van der Waals surface area (Å²) < 4.78 is 13.1. The second-order valence-corrected chi connectivity index (χ2v) is 10.1. The molecular formula is C28H38O4S. The molecule has 0 aromatic heterocycles. The van der Waals surface area contributed by atoms with E-state index in [2.05, 4.69) is 6.08 Å². The third kappa shape index (κ3) is 10.4. The molecule has 4 nitrogen and oxygen atoms in total. The van der Waals surface area contributed by atoms with Crippen LogP contribution in [0.25, 0.3) is 0 Å². The Kier molecular flexibility index (Phi) is 11.8. The molecule has 33 heavy (non-hydrogen) atoms. The fraction of sp³-hybridized carbons (Fsp3) is 0.429. The van der Waals surface area contributed by atoms with Gasteiger partial charge in [0.15, 0.2) is 0 Å². The Labute approximate surface area is 202 Å². The lowest BCUT2D eigenvalue weighted by atomic mass is 9.82. The Morgan fingerprint density at radius 1 is 1.00 bits per heavy atom. The van der Waals surface area contributed by atoms with Gasteiger partial charge in [-0.25, -0.2) is 0 Å². The van der Waals surface area contributed by atoms with Gasteiger partial charge in [0.25, 0.3) is 0 Å². The van der Waals surface area contributed by atoms with Gasteiger partial charge in [-0.1, -0.05) is 67.1 Å². The number of allylic oxidation sites excluding steroid dienone is 2. The van der Waals surface area contributed by atoms with E-state index in [4.69, 9.17) is 5.31 Å². The number of thiol groups is 1. The van der Waals surface area contributed by atoms with E-state index >= 15 is 0 Å². The zero-order chi connectivity index (χ0) is 24.8. The Bertz CT molecular complexity index is 894. The summed E-state index contributed by atoms with van der Waals surface area (Å²) in [6, 6.07) is 18.6. The van der Waals surface area contributed by atoms with Crippen LogP contribution in [-0.4, -0.2) is 30.8 Å². The van der Waals surface area contributed by atoms with Crippen LogP contribution in [0.3, 0.4) is 0 Å². The van der Waals surface area contributed by atoms with Gasteiger partial charge in [0.05, 0.1) is 6.10 Å². The fourth-order valence-corrected chi connectivity index (χ4v) is 4.44. The quantitative estimate of drug-likeness (QED) is 0.379. The number of ketones is 1. The van der Waals surface area contributed by atoms with Gasteiger partial charge in [-0.15, -0.1) is 11.1 Å². The van der Waals surface area contributed by atoms with Gasteiger partial charge >= 0.3 is 0 Å². The van der Waals surface area contributed by atoms with Crippen molar-refractivity contribution in [3.05, 3.63) is 83.6 Å². The standard InChI is InChI=1S/C13H16O2.C8H16OS.C7H6O/c14-12-9-5-4-8-11(12)13(15)10-6-2-1-3-7-10;1-10(2)9-8-6-4-3-5-7-8;8-6-7-4-2-1-3-5-7/h1-3,6-7,11,13,15H,4-5,8-9H2;6,10H,3-5,7H2,1-2H3;1-6H/i;10T;. The second kappa shape index (κ2) is 15.5. The van der Waals surface area contributed by atoms with E-state index < -0.39 is 17.2 Å². The number of rotatable bonds is 5.